The van der Waals surface area contributed by atoms with Gasteiger partial charge in [0.2, 0.25) is 0 Å². The minimum atomic E-state index is -0.243. The molecule has 0 bridgehead atoms. The maximum Gasteiger partial charge on any atom is 0.159 e. The van der Waals surface area contributed by atoms with Gasteiger partial charge in [0.25, 0.3) is 0 Å². The summed E-state index contributed by atoms with van der Waals surface area (Å²) in [5, 5.41) is 10.4. The van der Waals surface area contributed by atoms with E-state index in [4.69, 9.17) is 0 Å². The molecule has 2 aromatic heterocycles. The first kappa shape index (κ1) is 20.3. The minimum absolute atomic E-state index is 0.0571. The Morgan fingerprint density at radius 2 is 1.78 bits per heavy atom. The Hall–Kier alpha value is -3.56. The van der Waals surface area contributed by atoms with Crippen molar-refractivity contribution in [1.82, 2.24) is 19.4 Å². The molecule has 1 saturated heterocycles. The van der Waals surface area contributed by atoms with Gasteiger partial charge in [0.15, 0.2) is 5.82 Å². The highest BCUT2D eigenvalue weighted by molar-refractivity contribution is 5.89. The lowest BCUT2D eigenvalue weighted by Crippen LogP contribution is -2.38. The van der Waals surface area contributed by atoms with Crippen molar-refractivity contribution in [3.63, 3.8) is 0 Å². The number of nitriles is 1. The van der Waals surface area contributed by atoms with Gasteiger partial charge in [0.1, 0.15) is 5.82 Å². The van der Waals surface area contributed by atoms with Gasteiger partial charge in [-0.15, -0.1) is 0 Å². The predicted octanol–water partition coefficient (Wildman–Crippen LogP) is 5.32. The molecule has 5 rings (SSSR count). The number of hydrogen-bond donors (Lipinski definition) is 0. The molecule has 0 radical (unpaired) electrons. The SMILES string of the molecule is CC(C#N)N1CCC(c2cn(-c3ccc(F)cc3)c3ccc(-c4ncccn4)cc23)CC1. The molecule has 0 aliphatic carbocycles. The normalized spacial score (nSPS) is 16.2. The highest BCUT2D eigenvalue weighted by Crippen LogP contribution is 2.37. The van der Waals surface area contributed by atoms with E-state index in [1.807, 2.05) is 31.2 Å². The summed E-state index contributed by atoms with van der Waals surface area (Å²) < 4.78 is 15.7. The summed E-state index contributed by atoms with van der Waals surface area (Å²) in [6.07, 6.45) is 7.70. The fourth-order valence-corrected chi connectivity index (χ4v) is 4.66. The first-order valence-electron chi connectivity index (χ1n) is 11.0. The minimum Gasteiger partial charge on any atom is -0.316 e. The van der Waals surface area contributed by atoms with Crippen molar-refractivity contribution in [2.75, 3.05) is 13.1 Å². The second kappa shape index (κ2) is 8.52. The van der Waals surface area contributed by atoms with Crippen LogP contribution in [0, 0.1) is 17.1 Å². The Balaban J connectivity index is 1.59. The first-order valence-corrected chi connectivity index (χ1v) is 11.0. The maximum absolute atomic E-state index is 13.5. The Morgan fingerprint density at radius 1 is 1.06 bits per heavy atom. The number of halogens is 1. The number of piperidine rings is 1. The summed E-state index contributed by atoms with van der Waals surface area (Å²) in [5.74, 6) is 0.855. The van der Waals surface area contributed by atoms with E-state index in [1.54, 1.807) is 12.4 Å². The van der Waals surface area contributed by atoms with E-state index in [2.05, 4.69) is 43.8 Å². The molecule has 4 aromatic rings. The van der Waals surface area contributed by atoms with E-state index >= 15 is 0 Å². The zero-order valence-corrected chi connectivity index (χ0v) is 17.9. The van der Waals surface area contributed by atoms with Gasteiger partial charge in [0.05, 0.1) is 17.6 Å². The number of benzene rings is 2. The van der Waals surface area contributed by atoms with Gasteiger partial charge in [-0.3, -0.25) is 4.90 Å². The third-order valence-electron chi connectivity index (χ3n) is 6.47. The van der Waals surface area contributed by atoms with Gasteiger partial charge in [-0.1, -0.05) is 0 Å². The Kier molecular flexibility index (Phi) is 5.42. The van der Waals surface area contributed by atoms with Crippen molar-refractivity contribution in [1.29, 1.82) is 5.26 Å². The van der Waals surface area contributed by atoms with Crippen LogP contribution in [0.4, 0.5) is 4.39 Å². The fraction of sp³-hybridized carbons (Fsp3) is 0.269. The van der Waals surface area contributed by atoms with Gasteiger partial charge in [0, 0.05) is 35.2 Å². The zero-order chi connectivity index (χ0) is 22.1. The second-order valence-corrected chi connectivity index (χ2v) is 8.35. The van der Waals surface area contributed by atoms with Crippen LogP contribution >= 0.6 is 0 Å². The van der Waals surface area contributed by atoms with Crippen molar-refractivity contribution in [3.8, 4) is 23.1 Å². The smallest absolute Gasteiger partial charge is 0.159 e. The first-order chi connectivity index (χ1) is 15.6. The molecule has 1 fully saturated rings. The molecular weight excluding hydrogens is 401 g/mol. The van der Waals surface area contributed by atoms with Gasteiger partial charge < -0.3 is 4.57 Å². The molecule has 0 amide bonds. The van der Waals surface area contributed by atoms with Crippen LogP contribution in [-0.2, 0) is 0 Å². The van der Waals surface area contributed by atoms with Crippen molar-refractivity contribution < 1.29 is 4.39 Å². The molecule has 32 heavy (non-hydrogen) atoms. The van der Waals surface area contributed by atoms with E-state index < -0.39 is 0 Å². The van der Waals surface area contributed by atoms with Crippen molar-refractivity contribution in [2.24, 2.45) is 0 Å². The highest BCUT2D eigenvalue weighted by atomic mass is 19.1. The lowest BCUT2D eigenvalue weighted by molar-refractivity contribution is 0.190. The maximum atomic E-state index is 13.5. The number of rotatable bonds is 4. The fourth-order valence-electron chi connectivity index (χ4n) is 4.66. The molecule has 1 unspecified atom stereocenters. The van der Waals surface area contributed by atoms with Gasteiger partial charge in [-0.05, 0) is 92.9 Å². The summed E-state index contributed by atoms with van der Waals surface area (Å²) in [4.78, 5) is 11.1. The van der Waals surface area contributed by atoms with Crippen LogP contribution in [0.5, 0.6) is 0 Å². The highest BCUT2D eigenvalue weighted by Gasteiger charge is 2.26. The number of aromatic nitrogens is 3. The zero-order valence-electron chi connectivity index (χ0n) is 17.9. The van der Waals surface area contributed by atoms with Crippen LogP contribution in [0.2, 0.25) is 0 Å². The lowest BCUT2D eigenvalue weighted by Gasteiger charge is -2.33. The molecule has 1 aliphatic rings. The number of nitrogens with zero attached hydrogens (tertiary/aromatic N) is 5. The average molecular weight is 426 g/mol. The molecule has 2 aromatic carbocycles. The molecule has 0 spiro atoms. The third-order valence-corrected chi connectivity index (χ3v) is 6.47. The van der Waals surface area contributed by atoms with E-state index in [-0.39, 0.29) is 11.9 Å². The van der Waals surface area contributed by atoms with Crippen molar-refractivity contribution in [2.45, 2.75) is 31.7 Å². The Labute approximate surface area is 186 Å². The van der Waals surface area contributed by atoms with E-state index in [0.29, 0.717) is 11.7 Å². The Bertz CT molecular complexity index is 1270. The average Bonchev–Trinajstić information content (AvgIpc) is 3.23. The third kappa shape index (κ3) is 3.76. The lowest BCUT2D eigenvalue weighted by atomic mass is 9.88. The summed E-state index contributed by atoms with van der Waals surface area (Å²) in [7, 11) is 0. The quantitative estimate of drug-likeness (QED) is 0.444. The van der Waals surface area contributed by atoms with Gasteiger partial charge >= 0.3 is 0 Å². The van der Waals surface area contributed by atoms with Gasteiger partial charge in [-0.2, -0.15) is 5.26 Å². The molecule has 5 nitrogen and oxygen atoms in total. The van der Waals surface area contributed by atoms with Crippen LogP contribution in [0.1, 0.15) is 31.2 Å². The van der Waals surface area contributed by atoms with Gasteiger partial charge in [-0.25, -0.2) is 14.4 Å². The van der Waals surface area contributed by atoms with Crippen LogP contribution in [-0.4, -0.2) is 38.6 Å². The molecule has 1 atom stereocenters. The van der Waals surface area contributed by atoms with E-state index in [1.165, 1.54) is 23.1 Å². The van der Waals surface area contributed by atoms with E-state index in [0.717, 1.165) is 42.7 Å². The molecule has 160 valence electrons. The summed E-state index contributed by atoms with van der Waals surface area (Å²) in [6, 6.07) is 17.0. The van der Waals surface area contributed by atoms with Crippen molar-refractivity contribution in [3.05, 3.63) is 78.5 Å². The summed E-state index contributed by atoms with van der Waals surface area (Å²) in [6.45, 7) is 3.78. The summed E-state index contributed by atoms with van der Waals surface area (Å²) >= 11 is 0. The topological polar surface area (TPSA) is 57.7 Å². The monoisotopic (exact) mass is 425 g/mol. The van der Waals surface area contributed by atoms with Crippen LogP contribution in [0.3, 0.4) is 0 Å². The standard InChI is InChI=1S/C26H24FN5/c1-18(16-28)31-13-9-19(10-14-31)24-17-32(22-6-4-21(27)5-7-22)25-8-3-20(15-23(24)25)26-29-11-2-12-30-26/h2-8,11-12,15,17-19H,9-10,13-14H2,1H3. The van der Waals surface area contributed by atoms with E-state index in [9.17, 15) is 9.65 Å². The van der Waals surface area contributed by atoms with Crippen LogP contribution < -0.4 is 0 Å². The summed E-state index contributed by atoms with van der Waals surface area (Å²) in [5.41, 5.74) is 4.28. The predicted molar refractivity (Wildman–Crippen MR) is 123 cm³/mol. The number of hydrogen-bond acceptors (Lipinski definition) is 4. The van der Waals surface area contributed by atoms with Crippen LogP contribution in [0.25, 0.3) is 28.0 Å². The largest absolute Gasteiger partial charge is 0.316 e. The number of fused-ring (bicyclic) bond motifs is 1. The van der Waals surface area contributed by atoms with Crippen LogP contribution in [0.15, 0.2) is 67.1 Å². The molecule has 1 aliphatic heterocycles. The Morgan fingerprint density at radius 3 is 2.47 bits per heavy atom. The number of likely N-dealkylation sites (tertiary alicyclic amines) is 1. The second-order valence-electron chi connectivity index (χ2n) is 8.35. The molecule has 0 N–H and O–H groups in total. The van der Waals surface area contributed by atoms with Crippen molar-refractivity contribution >= 4 is 10.9 Å². The molecule has 3 heterocycles. The molecule has 0 saturated carbocycles. The molecule has 6 heteroatoms. The molecular formula is C26H24FN5.